The molecule has 0 radical (unpaired) electrons. The summed E-state index contributed by atoms with van der Waals surface area (Å²) in [6.45, 7) is 4.09. The Morgan fingerprint density at radius 3 is 2.19 bits per heavy atom. The molecule has 5 rings (SSSR count). The summed E-state index contributed by atoms with van der Waals surface area (Å²) in [4.78, 5) is 23.5. The van der Waals surface area contributed by atoms with Gasteiger partial charge in [0.2, 0.25) is 5.91 Å². The van der Waals surface area contributed by atoms with Crippen LogP contribution in [0.25, 0.3) is 11.1 Å². The van der Waals surface area contributed by atoms with E-state index in [1.165, 1.54) is 6.92 Å². The lowest BCUT2D eigenvalue weighted by atomic mass is 9.91. The number of carbonyl (C=O) groups excluding carboxylic acids is 1. The third-order valence-corrected chi connectivity index (χ3v) is 8.72. The van der Waals surface area contributed by atoms with Crippen LogP contribution in [0.3, 0.4) is 0 Å². The number of amides is 1. The number of aromatic carboxylic acids is 1. The molecule has 8 heteroatoms. The van der Waals surface area contributed by atoms with Crippen molar-refractivity contribution in [3.8, 4) is 11.1 Å². The first-order valence-corrected chi connectivity index (χ1v) is 15.2. The Labute approximate surface area is 255 Å². The van der Waals surface area contributed by atoms with Crippen molar-refractivity contribution in [1.29, 1.82) is 0 Å². The second kappa shape index (κ2) is 14.0. The van der Waals surface area contributed by atoms with Crippen LogP contribution in [-0.2, 0) is 27.4 Å². The molecule has 1 heterocycles. The molecule has 1 amide bonds. The molecule has 0 bridgehead atoms. The number of rotatable bonds is 10. The van der Waals surface area contributed by atoms with Crippen LogP contribution in [-0.4, -0.2) is 33.9 Å². The van der Waals surface area contributed by atoms with Crippen molar-refractivity contribution in [2.75, 3.05) is 5.75 Å². The van der Waals surface area contributed by atoms with Crippen LogP contribution >= 0.6 is 11.8 Å². The summed E-state index contributed by atoms with van der Waals surface area (Å²) in [6.07, 6.45) is -0.953. The summed E-state index contributed by atoms with van der Waals surface area (Å²) >= 11 is 1.63. The zero-order valence-electron chi connectivity index (χ0n) is 24.1. The molecule has 1 fully saturated rings. The van der Waals surface area contributed by atoms with E-state index in [0.717, 1.165) is 38.3 Å². The standard InChI is InChI=1S/C35H35NO6S/c1-22-32(21-43-31-16-14-28(15-17-31)34(39)40)41-35(42-33(22)27-8-6-24(20-37)7-9-27)29-12-10-26(11-13-29)30-5-3-4-25(18-30)19-36-23(2)38/h3-18,22,32-33,35,37H,19-21H2,1-2H3,(H,36,38)(H,39,40)/t22-,32+,33+,35+/m0/s1. The fourth-order valence-electron chi connectivity index (χ4n) is 5.10. The van der Waals surface area contributed by atoms with E-state index >= 15 is 0 Å². The average Bonchev–Trinajstić information content (AvgIpc) is 3.04. The highest BCUT2D eigenvalue weighted by atomic mass is 32.2. The number of ether oxygens (including phenoxy) is 2. The van der Waals surface area contributed by atoms with E-state index in [4.69, 9.17) is 9.47 Å². The molecule has 0 aromatic heterocycles. The highest BCUT2D eigenvalue weighted by molar-refractivity contribution is 7.99. The largest absolute Gasteiger partial charge is 0.478 e. The van der Waals surface area contributed by atoms with Gasteiger partial charge >= 0.3 is 5.97 Å². The van der Waals surface area contributed by atoms with Crippen molar-refractivity contribution in [2.45, 2.75) is 50.4 Å². The van der Waals surface area contributed by atoms with Gasteiger partial charge in [0.1, 0.15) is 0 Å². The second-order valence-electron chi connectivity index (χ2n) is 10.7. The van der Waals surface area contributed by atoms with Gasteiger partial charge in [0.15, 0.2) is 6.29 Å². The van der Waals surface area contributed by atoms with E-state index in [2.05, 4.69) is 30.4 Å². The summed E-state index contributed by atoms with van der Waals surface area (Å²) in [5, 5.41) is 21.6. The smallest absolute Gasteiger partial charge is 0.335 e. The summed E-state index contributed by atoms with van der Waals surface area (Å²) in [5.41, 5.74) is 6.15. The average molecular weight is 598 g/mol. The van der Waals surface area contributed by atoms with Crippen molar-refractivity contribution in [3.05, 3.63) is 125 Å². The molecule has 0 unspecified atom stereocenters. The Morgan fingerprint density at radius 1 is 0.837 bits per heavy atom. The van der Waals surface area contributed by atoms with Crippen molar-refractivity contribution >= 4 is 23.6 Å². The normalized spacial score (nSPS) is 20.0. The highest BCUT2D eigenvalue weighted by Crippen LogP contribution is 2.43. The van der Waals surface area contributed by atoms with Crippen LogP contribution in [0, 0.1) is 5.92 Å². The van der Waals surface area contributed by atoms with Gasteiger partial charge in [-0.1, -0.05) is 73.7 Å². The molecule has 4 aromatic carbocycles. The lowest BCUT2D eigenvalue weighted by Crippen LogP contribution is -2.38. The Balaban J connectivity index is 1.36. The number of aliphatic hydroxyl groups is 1. The SMILES string of the molecule is CC(=O)NCc1cccc(-c2ccc([C@@H]3O[C@H](CSc4ccc(C(=O)O)cc4)[C@H](C)[C@H](c4ccc(CO)cc4)O3)cc2)c1. The van der Waals surface area contributed by atoms with Crippen molar-refractivity contribution in [2.24, 2.45) is 5.92 Å². The van der Waals surface area contributed by atoms with Gasteiger partial charge in [-0.2, -0.15) is 0 Å². The van der Waals surface area contributed by atoms with Gasteiger partial charge in [0, 0.05) is 35.6 Å². The quantitative estimate of drug-likeness (QED) is 0.173. The first kappa shape index (κ1) is 30.5. The highest BCUT2D eigenvalue weighted by Gasteiger charge is 2.38. The Bertz CT molecular complexity index is 1540. The van der Waals surface area contributed by atoms with Gasteiger partial charge in [-0.15, -0.1) is 11.8 Å². The monoisotopic (exact) mass is 597 g/mol. The molecule has 1 aliphatic heterocycles. The Kier molecular flexibility index (Phi) is 9.94. The second-order valence-corrected chi connectivity index (χ2v) is 11.8. The van der Waals surface area contributed by atoms with Crippen LogP contribution in [0.1, 0.15) is 58.9 Å². The summed E-state index contributed by atoms with van der Waals surface area (Å²) in [5.74, 6) is -0.308. The van der Waals surface area contributed by atoms with Crippen LogP contribution in [0.5, 0.6) is 0 Å². The molecule has 0 spiro atoms. The summed E-state index contributed by atoms with van der Waals surface area (Å²) in [7, 11) is 0. The molecule has 4 aromatic rings. The topological polar surface area (TPSA) is 105 Å². The number of carboxylic acid groups (broad SMARTS) is 1. The van der Waals surface area contributed by atoms with Crippen LogP contribution in [0.2, 0.25) is 0 Å². The number of benzene rings is 4. The molecule has 7 nitrogen and oxygen atoms in total. The maximum absolute atomic E-state index is 11.3. The van der Waals surface area contributed by atoms with E-state index in [1.54, 1.807) is 23.9 Å². The zero-order valence-corrected chi connectivity index (χ0v) is 24.9. The lowest BCUT2D eigenvalue weighted by molar-refractivity contribution is -0.268. The Hall–Kier alpha value is -3.95. The maximum atomic E-state index is 11.3. The molecule has 1 saturated heterocycles. The van der Waals surface area contributed by atoms with Crippen LogP contribution < -0.4 is 5.32 Å². The first-order valence-electron chi connectivity index (χ1n) is 14.2. The van der Waals surface area contributed by atoms with E-state index in [0.29, 0.717) is 12.3 Å². The molecule has 3 N–H and O–H groups in total. The summed E-state index contributed by atoms with van der Waals surface area (Å²) < 4.78 is 13.2. The maximum Gasteiger partial charge on any atom is 0.335 e. The van der Waals surface area contributed by atoms with Gasteiger partial charge in [-0.3, -0.25) is 4.79 Å². The number of aliphatic hydroxyl groups excluding tert-OH is 1. The predicted octanol–water partition coefficient (Wildman–Crippen LogP) is 6.76. The van der Waals surface area contributed by atoms with Crippen molar-refractivity contribution in [3.63, 3.8) is 0 Å². The minimum Gasteiger partial charge on any atom is -0.478 e. The third kappa shape index (κ3) is 7.72. The van der Waals surface area contributed by atoms with Crippen LogP contribution in [0.15, 0.2) is 102 Å². The van der Waals surface area contributed by atoms with E-state index < -0.39 is 12.3 Å². The molecule has 43 heavy (non-hydrogen) atoms. The molecule has 1 aliphatic rings. The van der Waals surface area contributed by atoms with Gasteiger partial charge in [-0.25, -0.2) is 4.79 Å². The van der Waals surface area contributed by atoms with Crippen molar-refractivity contribution in [1.82, 2.24) is 5.32 Å². The third-order valence-electron chi connectivity index (χ3n) is 7.62. The molecule has 222 valence electrons. The number of carbonyl (C=O) groups is 2. The predicted molar refractivity (Wildman–Crippen MR) is 166 cm³/mol. The lowest BCUT2D eigenvalue weighted by Gasteiger charge is -2.41. The van der Waals surface area contributed by atoms with Gasteiger partial charge in [0.05, 0.1) is 24.4 Å². The first-order chi connectivity index (χ1) is 20.8. The van der Waals surface area contributed by atoms with E-state index in [1.807, 2.05) is 66.7 Å². The molecule has 0 saturated carbocycles. The molecular weight excluding hydrogens is 562 g/mol. The number of thioether (sulfide) groups is 1. The summed E-state index contributed by atoms with van der Waals surface area (Å²) in [6, 6.07) is 31.0. The number of nitrogens with one attached hydrogen (secondary N) is 1. The number of hydrogen-bond acceptors (Lipinski definition) is 6. The molecule has 0 aliphatic carbocycles. The minimum atomic E-state index is -0.945. The van der Waals surface area contributed by atoms with E-state index in [-0.39, 0.29) is 36.2 Å². The fourth-order valence-corrected chi connectivity index (χ4v) is 6.17. The fraction of sp³-hybridized carbons (Fsp3) is 0.257. The minimum absolute atomic E-state index is 0.0183. The molecular formula is C35H35NO6S. The van der Waals surface area contributed by atoms with E-state index in [9.17, 15) is 19.8 Å². The zero-order chi connectivity index (χ0) is 30.3. The number of carboxylic acids is 1. The Morgan fingerprint density at radius 2 is 1.53 bits per heavy atom. The van der Waals surface area contributed by atoms with Gasteiger partial charge in [-0.05, 0) is 58.1 Å². The number of hydrogen-bond donors (Lipinski definition) is 3. The van der Waals surface area contributed by atoms with Gasteiger partial charge < -0.3 is 25.0 Å². The van der Waals surface area contributed by atoms with Crippen LogP contribution in [0.4, 0.5) is 0 Å². The molecule has 4 atom stereocenters. The van der Waals surface area contributed by atoms with Gasteiger partial charge in [0.25, 0.3) is 0 Å². The van der Waals surface area contributed by atoms with Crippen molar-refractivity contribution < 1.29 is 29.3 Å².